The molecule has 0 fully saturated rings. The molecule has 0 unspecified atom stereocenters. The summed E-state index contributed by atoms with van der Waals surface area (Å²) in [6.45, 7) is 1.21. The quantitative estimate of drug-likeness (QED) is 0.672. The number of para-hydroxylation sites is 2. The SMILES string of the molecule is C[C@@H](OC(=O)Cn1c(=O)oc2ccccc21)C(=O)N[C@@H]1CCCc2ccccc21. The lowest BCUT2D eigenvalue weighted by Gasteiger charge is -2.27. The number of aromatic nitrogens is 1. The molecule has 1 aliphatic carbocycles. The van der Waals surface area contributed by atoms with E-state index in [-0.39, 0.29) is 18.5 Å². The Morgan fingerprint density at radius 3 is 2.83 bits per heavy atom. The Kier molecular flexibility index (Phi) is 5.20. The van der Waals surface area contributed by atoms with Gasteiger partial charge < -0.3 is 14.5 Å². The number of hydrogen-bond donors (Lipinski definition) is 1. The van der Waals surface area contributed by atoms with Crippen LogP contribution in [-0.4, -0.2) is 22.5 Å². The molecule has 0 radical (unpaired) electrons. The van der Waals surface area contributed by atoms with Crippen LogP contribution in [0.4, 0.5) is 0 Å². The number of nitrogens with zero attached hydrogens (tertiary/aromatic N) is 1. The van der Waals surface area contributed by atoms with Crippen LogP contribution in [0.25, 0.3) is 11.1 Å². The molecule has 0 aliphatic heterocycles. The van der Waals surface area contributed by atoms with Crippen molar-refractivity contribution in [2.45, 2.75) is 44.9 Å². The molecule has 0 spiro atoms. The van der Waals surface area contributed by atoms with E-state index in [0.29, 0.717) is 11.1 Å². The van der Waals surface area contributed by atoms with Crippen LogP contribution in [0, 0.1) is 0 Å². The zero-order valence-electron chi connectivity index (χ0n) is 16.1. The van der Waals surface area contributed by atoms with Crippen LogP contribution in [-0.2, 0) is 27.3 Å². The summed E-state index contributed by atoms with van der Waals surface area (Å²) in [5, 5.41) is 2.98. The van der Waals surface area contributed by atoms with Crippen LogP contribution in [0.15, 0.2) is 57.7 Å². The fraction of sp³-hybridized carbons (Fsp3) is 0.318. The Morgan fingerprint density at radius 2 is 1.97 bits per heavy atom. The van der Waals surface area contributed by atoms with Crippen molar-refractivity contribution in [3.63, 3.8) is 0 Å². The molecule has 150 valence electrons. The summed E-state index contributed by atoms with van der Waals surface area (Å²) < 4.78 is 11.6. The molecule has 0 saturated heterocycles. The topological polar surface area (TPSA) is 90.5 Å². The van der Waals surface area contributed by atoms with E-state index in [1.807, 2.05) is 18.2 Å². The highest BCUT2D eigenvalue weighted by Gasteiger charge is 2.25. The fourth-order valence-electron chi connectivity index (χ4n) is 3.77. The van der Waals surface area contributed by atoms with Gasteiger partial charge >= 0.3 is 11.7 Å². The number of esters is 1. The Balaban J connectivity index is 1.39. The molecule has 7 heteroatoms. The normalized spacial score (nSPS) is 16.8. The number of amides is 1. The lowest BCUT2D eigenvalue weighted by molar-refractivity contribution is -0.155. The number of rotatable bonds is 5. The predicted octanol–water partition coefficient (Wildman–Crippen LogP) is 2.72. The first-order chi connectivity index (χ1) is 14.0. The Hall–Kier alpha value is -3.35. The number of ether oxygens (including phenoxy) is 1. The molecule has 1 aromatic heterocycles. The molecule has 1 amide bonds. The minimum atomic E-state index is -0.967. The highest BCUT2D eigenvalue weighted by atomic mass is 16.5. The third kappa shape index (κ3) is 3.94. The van der Waals surface area contributed by atoms with E-state index in [1.165, 1.54) is 17.1 Å². The van der Waals surface area contributed by atoms with Gasteiger partial charge in [0.05, 0.1) is 11.6 Å². The summed E-state index contributed by atoms with van der Waals surface area (Å²) >= 11 is 0. The van der Waals surface area contributed by atoms with Crippen LogP contribution in [0.2, 0.25) is 0 Å². The van der Waals surface area contributed by atoms with Gasteiger partial charge in [0.25, 0.3) is 5.91 Å². The molecule has 2 atom stereocenters. The number of carbonyl (C=O) groups excluding carboxylic acids is 2. The van der Waals surface area contributed by atoms with E-state index in [9.17, 15) is 14.4 Å². The van der Waals surface area contributed by atoms with Crippen molar-refractivity contribution in [1.82, 2.24) is 9.88 Å². The van der Waals surface area contributed by atoms with Gasteiger partial charge in [0.15, 0.2) is 11.7 Å². The first kappa shape index (κ1) is 19.0. The highest BCUT2D eigenvalue weighted by molar-refractivity contribution is 5.84. The molecule has 2 aromatic carbocycles. The molecular weight excluding hydrogens is 372 g/mol. The molecule has 1 heterocycles. The number of aryl methyl sites for hydroxylation is 1. The smallest absolute Gasteiger partial charge is 0.420 e. The molecule has 0 bridgehead atoms. The zero-order chi connectivity index (χ0) is 20.4. The average molecular weight is 394 g/mol. The van der Waals surface area contributed by atoms with Gasteiger partial charge in [0, 0.05) is 0 Å². The summed E-state index contributed by atoms with van der Waals surface area (Å²) in [6, 6.07) is 14.8. The molecule has 7 nitrogen and oxygen atoms in total. The predicted molar refractivity (Wildman–Crippen MR) is 106 cm³/mol. The van der Waals surface area contributed by atoms with E-state index in [2.05, 4.69) is 11.4 Å². The first-order valence-corrected chi connectivity index (χ1v) is 9.69. The van der Waals surface area contributed by atoms with E-state index < -0.39 is 17.8 Å². The second kappa shape index (κ2) is 7.95. The maximum absolute atomic E-state index is 12.6. The maximum atomic E-state index is 12.6. The summed E-state index contributed by atoms with van der Waals surface area (Å²) in [4.78, 5) is 36.9. The Bertz CT molecular complexity index is 1110. The Labute approximate surface area is 167 Å². The largest absolute Gasteiger partial charge is 0.451 e. The molecule has 4 rings (SSSR count). The van der Waals surface area contributed by atoms with Gasteiger partial charge in [-0.25, -0.2) is 4.79 Å². The third-order valence-corrected chi connectivity index (χ3v) is 5.22. The molecule has 1 N–H and O–H groups in total. The van der Waals surface area contributed by atoms with Crippen LogP contribution < -0.4 is 11.1 Å². The van der Waals surface area contributed by atoms with Crippen LogP contribution >= 0.6 is 0 Å². The third-order valence-electron chi connectivity index (χ3n) is 5.22. The van der Waals surface area contributed by atoms with Gasteiger partial charge in [-0.15, -0.1) is 0 Å². The van der Waals surface area contributed by atoms with Crippen molar-refractivity contribution in [3.05, 3.63) is 70.2 Å². The summed E-state index contributed by atoms with van der Waals surface area (Å²) in [6.07, 6.45) is 1.87. The van der Waals surface area contributed by atoms with Crippen molar-refractivity contribution < 1.29 is 18.7 Å². The van der Waals surface area contributed by atoms with E-state index in [1.54, 1.807) is 24.3 Å². The maximum Gasteiger partial charge on any atom is 0.420 e. The van der Waals surface area contributed by atoms with Crippen molar-refractivity contribution in [1.29, 1.82) is 0 Å². The highest BCUT2D eigenvalue weighted by Crippen LogP contribution is 2.29. The minimum absolute atomic E-state index is 0.0889. The van der Waals surface area contributed by atoms with Gasteiger partial charge in [-0.1, -0.05) is 36.4 Å². The number of benzene rings is 2. The van der Waals surface area contributed by atoms with E-state index >= 15 is 0 Å². The lowest BCUT2D eigenvalue weighted by atomic mass is 9.87. The summed E-state index contributed by atoms with van der Waals surface area (Å²) in [5.74, 6) is -1.67. The number of nitrogens with one attached hydrogen (secondary N) is 1. The second-order valence-corrected chi connectivity index (χ2v) is 7.21. The average Bonchev–Trinajstić information content (AvgIpc) is 3.03. The van der Waals surface area contributed by atoms with Crippen molar-refractivity contribution >= 4 is 23.0 Å². The molecule has 0 saturated carbocycles. The van der Waals surface area contributed by atoms with E-state index in [4.69, 9.17) is 9.15 Å². The molecule has 3 aromatic rings. The fourth-order valence-corrected chi connectivity index (χ4v) is 3.77. The van der Waals surface area contributed by atoms with Crippen molar-refractivity contribution in [3.8, 4) is 0 Å². The van der Waals surface area contributed by atoms with Crippen LogP contribution in [0.1, 0.15) is 36.9 Å². The second-order valence-electron chi connectivity index (χ2n) is 7.21. The van der Waals surface area contributed by atoms with Crippen LogP contribution in [0.5, 0.6) is 0 Å². The number of hydrogen-bond acceptors (Lipinski definition) is 5. The number of fused-ring (bicyclic) bond motifs is 2. The molecule has 1 aliphatic rings. The zero-order valence-corrected chi connectivity index (χ0v) is 16.1. The summed E-state index contributed by atoms with van der Waals surface area (Å²) in [7, 11) is 0. The first-order valence-electron chi connectivity index (χ1n) is 9.69. The molecular formula is C22H22N2O5. The van der Waals surface area contributed by atoms with Gasteiger partial charge in [-0.2, -0.15) is 0 Å². The van der Waals surface area contributed by atoms with Crippen molar-refractivity contribution in [2.75, 3.05) is 0 Å². The number of oxazole rings is 1. The monoisotopic (exact) mass is 394 g/mol. The van der Waals surface area contributed by atoms with Gasteiger partial charge in [-0.3, -0.25) is 14.2 Å². The lowest BCUT2D eigenvalue weighted by Crippen LogP contribution is -2.39. The Morgan fingerprint density at radius 1 is 1.21 bits per heavy atom. The standard InChI is InChI=1S/C22H22N2O5/c1-14(21(26)23-17-10-6-8-15-7-2-3-9-16(15)17)28-20(25)13-24-18-11-4-5-12-19(18)29-22(24)27/h2-5,7,9,11-12,14,17H,6,8,10,13H2,1H3,(H,23,26)/t14-,17-/m1/s1. The van der Waals surface area contributed by atoms with Crippen LogP contribution in [0.3, 0.4) is 0 Å². The molecule has 29 heavy (non-hydrogen) atoms. The van der Waals surface area contributed by atoms with Gasteiger partial charge in [0.2, 0.25) is 0 Å². The summed E-state index contributed by atoms with van der Waals surface area (Å²) in [5.41, 5.74) is 3.25. The van der Waals surface area contributed by atoms with Gasteiger partial charge in [-0.05, 0) is 49.4 Å². The van der Waals surface area contributed by atoms with Gasteiger partial charge in [0.1, 0.15) is 6.54 Å². The van der Waals surface area contributed by atoms with Crippen molar-refractivity contribution in [2.24, 2.45) is 0 Å². The minimum Gasteiger partial charge on any atom is -0.451 e. The number of carbonyl (C=O) groups is 2. The van der Waals surface area contributed by atoms with E-state index in [0.717, 1.165) is 24.8 Å².